The largest absolute Gasteiger partial charge is 0.378 e. The van der Waals surface area contributed by atoms with Crippen molar-refractivity contribution >= 4 is 28.1 Å². The summed E-state index contributed by atoms with van der Waals surface area (Å²) in [7, 11) is 4.00. The van der Waals surface area contributed by atoms with Crippen molar-refractivity contribution in [3.8, 4) is 0 Å². The topological polar surface area (TPSA) is 32.3 Å². The molecule has 0 aromatic heterocycles. The summed E-state index contributed by atoms with van der Waals surface area (Å²) in [4.78, 5) is 14.8. The van der Waals surface area contributed by atoms with E-state index >= 15 is 0 Å². The number of aryl methyl sites for hydroxylation is 2. The van der Waals surface area contributed by atoms with Gasteiger partial charge in [-0.15, -0.1) is 0 Å². The fourth-order valence-corrected chi connectivity index (χ4v) is 3.49. The van der Waals surface area contributed by atoms with Gasteiger partial charge < -0.3 is 10.2 Å². The molecule has 0 bridgehead atoms. The number of nitrogens with zero attached hydrogens (tertiary/aromatic N) is 1. The number of hydrogen-bond donors (Lipinski definition) is 1. The van der Waals surface area contributed by atoms with Gasteiger partial charge in [0.05, 0.1) is 0 Å². The highest BCUT2D eigenvalue weighted by Crippen LogP contribution is 2.33. The predicted molar refractivity (Wildman–Crippen MR) is 100 cm³/mol. The number of benzene rings is 3. The highest BCUT2D eigenvalue weighted by Gasteiger charge is 2.18. The number of rotatable bonds is 3. The van der Waals surface area contributed by atoms with Crippen molar-refractivity contribution in [2.75, 3.05) is 24.3 Å². The highest BCUT2D eigenvalue weighted by atomic mass is 16.1. The Morgan fingerprint density at radius 1 is 0.917 bits per heavy atom. The van der Waals surface area contributed by atoms with E-state index in [1.165, 1.54) is 16.5 Å². The van der Waals surface area contributed by atoms with E-state index in [9.17, 15) is 4.79 Å². The third kappa shape index (κ3) is 2.42. The summed E-state index contributed by atoms with van der Waals surface area (Å²) < 4.78 is 0. The van der Waals surface area contributed by atoms with E-state index in [0.29, 0.717) is 0 Å². The van der Waals surface area contributed by atoms with Crippen LogP contribution in [0.1, 0.15) is 21.5 Å². The fourth-order valence-electron chi connectivity index (χ4n) is 3.49. The number of hydrogen-bond acceptors (Lipinski definition) is 2. The summed E-state index contributed by atoms with van der Waals surface area (Å²) in [6.45, 7) is 0. The van der Waals surface area contributed by atoms with Crippen molar-refractivity contribution in [2.45, 2.75) is 12.8 Å². The van der Waals surface area contributed by atoms with Crippen LogP contribution in [0, 0.1) is 0 Å². The summed E-state index contributed by atoms with van der Waals surface area (Å²) in [6, 6.07) is 18.2. The standard InChI is InChI=1S/C21H20N2O/c1-23(2)17-11-9-16(10-12-17)22-21(24)19-13-8-15-7-6-14-4-3-5-18(19)20(14)15/h3-5,8-13H,6-7H2,1-2H3,(H,22,24). The zero-order valence-corrected chi connectivity index (χ0v) is 14.0. The molecular weight excluding hydrogens is 296 g/mol. The van der Waals surface area contributed by atoms with Crippen molar-refractivity contribution in [1.29, 1.82) is 0 Å². The van der Waals surface area contributed by atoms with Crippen molar-refractivity contribution < 1.29 is 4.79 Å². The van der Waals surface area contributed by atoms with Crippen LogP contribution < -0.4 is 10.2 Å². The van der Waals surface area contributed by atoms with Crippen LogP contribution in [0.5, 0.6) is 0 Å². The molecule has 3 aromatic carbocycles. The normalized spacial score (nSPS) is 12.4. The molecule has 0 saturated heterocycles. The summed E-state index contributed by atoms with van der Waals surface area (Å²) in [5.74, 6) is -0.0526. The van der Waals surface area contributed by atoms with E-state index in [1.807, 2.05) is 49.3 Å². The first-order chi connectivity index (χ1) is 11.6. The second-order valence-electron chi connectivity index (χ2n) is 6.51. The highest BCUT2D eigenvalue weighted by molar-refractivity contribution is 6.14. The Kier molecular flexibility index (Phi) is 3.49. The van der Waals surface area contributed by atoms with Crippen LogP contribution >= 0.6 is 0 Å². The van der Waals surface area contributed by atoms with Crippen molar-refractivity contribution in [2.24, 2.45) is 0 Å². The summed E-state index contributed by atoms with van der Waals surface area (Å²) in [6.07, 6.45) is 2.15. The quantitative estimate of drug-likeness (QED) is 0.783. The van der Waals surface area contributed by atoms with Crippen LogP contribution in [-0.4, -0.2) is 20.0 Å². The molecule has 0 saturated carbocycles. The smallest absolute Gasteiger partial charge is 0.256 e. The molecule has 0 heterocycles. The molecule has 0 unspecified atom stereocenters. The molecule has 1 amide bonds. The van der Waals surface area contributed by atoms with Gasteiger partial charge in [-0.05, 0) is 65.1 Å². The van der Waals surface area contributed by atoms with Gasteiger partial charge in [0.1, 0.15) is 0 Å². The monoisotopic (exact) mass is 316 g/mol. The minimum Gasteiger partial charge on any atom is -0.378 e. The van der Waals surface area contributed by atoms with E-state index in [-0.39, 0.29) is 5.91 Å². The molecule has 0 aliphatic heterocycles. The summed E-state index contributed by atoms with van der Waals surface area (Å²) >= 11 is 0. The Balaban J connectivity index is 1.67. The molecule has 120 valence electrons. The lowest BCUT2D eigenvalue weighted by atomic mass is 9.99. The Hall–Kier alpha value is -2.81. The van der Waals surface area contributed by atoms with Crippen LogP contribution in [0.4, 0.5) is 11.4 Å². The van der Waals surface area contributed by atoms with Gasteiger partial charge in [-0.25, -0.2) is 0 Å². The Morgan fingerprint density at radius 2 is 1.62 bits per heavy atom. The lowest BCUT2D eigenvalue weighted by Gasteiger charge is -2.13. The lowest BCUT2D eigenvalue weighted by Crippen LogP contribution is -2.13. The van der Waals surface area contributed by atoms with Gasteiger partial charge in [0.15, 0.2) is 0 Å². The molecule has 3 nitrogen and oxygen atoms in total. The first-order valence-electron chi connectivity index (χ1n) is 8.26. The van der Waals surface area contributed by atoms with Gasteiger partial charge in [-0.2, -0.15) is 0 Å². The van der Waals surface area contributed by atoms with E-state index in [4.69, 9.17) is 0 Å². The molecule has 3 heteroatoms. The molecule has 1 N–H and O–H groups in total. The second-order valence-corrected chi connectivity index (χ2v) is 6.51. The van der Waals surface area contributed by atoms with Gasteiger partial charge in [0, 0.05) is 31.0 Å². The zero-order valence-electron chi connectivity index (χ0n) is 14.0. The third-order valence-corrected chi connectivity index (χ3v) is 4.76. The summed E-state index contributed by atoms with van der Waals surface area (Å²) in [5, 5.41) is 5.35. The van der Waals surface area contributed by atoms with Gasteiger partial charge in [-0.1, -0.05) is 24.3 Å². The number of carbonyl (C=O) groups is 1. The minimum atomic E-state index is -0.0526. The Morgan fingerprint density at radius 3 is 2.33 bits per heavy atom. The maximum absolute atomic E-state index is 12.8. The van der Waals surface area contributed by atoms with Crippen molar-refractivity contribution in [3.05, 3.63) is 71.3 Å². The first kappa shape index (κ1) is 14.8. The van der Waals surface area contributed by atoms with Gasteiger partial charge in [0.2, 0.25) is 0 Å². The van der Waals surface area contributed by atoms with Crippen molar-refractivity contribution in [3.63, 3.8) is 0 Å². The maximum Gasteiger partial charge on any atom is 0.256 e. The molecule has 0 atom stereocenters. The SMILES string of the molecule is CN(C)c1ccc(NC(=O)c2ccc3c4c(cccc24)CC3)cc1. The predicted octanol–water partition coefficient (Wildman–Crippen LogP) is 4.26. The molecule has 4 rings (SSSR count). The number of amides is 1. The van der Waals surface area contributed by atoms with E-state index in [1.54, 1.807) is 0 Å². The Labute approximate surface area is 141 Å². The first-order valence-corrected chi connectivity index (χ1v) is 8.26. The molecular formula is C21H20N2O. The van der Waals surface area contributed by atoms with Crippen LogP contribution in [0.3, 0.4) is 0 Å². The zero-order chi connectivity index (χ0) is 16.7. The second kappa shape index (κ2) is 5.68. The number of anilines is 2. The van der Waals surface area contributed by atoms with Gasteiger partial charge >= 0.3 is 0 Å². The minimum absolute atomic E-state index is 0.0526. The number of nitrogens with one attached hydrogen (secondary N) is 1. The summed E-state index contributed by atoms with van der Waals surface area (Å²) in [5.41, 5.74) is 5.38. The Bertz CT molecular complexity index is 916. The molecule has 24 heavy (non-hydrogen) atoms. The average molecular weight is 316 g/mol. The molecule has 0 spiro atoms. The molecule has 3 aromatic rings. The van der Waals surface area contributed by atoms with E-state index in [0.717, 1.165) is 35.2 Å². The van der Waals surface area contributed by atoms with Crippen molar-refractivity contribution in [1.82, 2.24) is 0 Å². The molecule has 0 fully saturated rings. The van der Waals surface area contributed by atoms with Crippen LogP contribution in [0.25, 0.3) is 10.8 Å². The van der Waals surface area contributed by atoms with Gasteiger partial charge in [-0.3, -0.25) is 4.79 Å². The van der Waals surface area contributed by atoms with Crippen LogP contribution in [0.2, 0.25) is 0 Å². The van der Waals surface area contributed by atoms with Crippen LogP contribution in [0.15, 0.2) is 54.6 Å². The lowest BCUT2D eigenvalue weighted by molar-refractivity contribution is 0.102. The average Bonchev–Trinajstić information content (AvgIpc) is 3.01. The van der Waals surface area contributed by atoms with Crippen LogP contribution in [-0.2, 0) is 12.8 Å². The molecule has 1 aliphatic carbocycles. The van der Waals surface area contributed by atoms with E-state index in [2.05, 4.69) is 29.6 Å². The van der Waals surface area contributed by atoms with E-state index < -0.39 is 0 Å². The fraction of sp³-hybridized carbons (Fsp3) is 0.190. The number of carbonyl (C=O) groups excluding carboxylic acids is 1. The maximum atomic E-state index is 12.8. The molecule has 0 radical (unpaired) electrons. The third-order valence-electron chi connectivity index (χ3n) is 4.76. The van der Waals surface area contributed by atoms with Gasteiger partial charge in [0.25, 0.3) is 5.91 Å². The molecule has 1 aliphatic rings.